The van der Waals surface area contributed by atoms with E-state index in [1.54, 1.807) is 17.5 Å². The molecule has 1 aromatic carbocycles. The molecule has 5 nitrogen and oxygen atoms in total. The Balaban J connectivity index is 1.53. The zero-order chi connectivity index (χ0) is 21.1. The number of para-hydroxylation sites is 1. The molecule has 1 amide bonds. The Morgan fingerprint density at radius 3 is 2.67 bits per heavy atom. The van der Waals surface area contributed by atoms with Gasteiger partial charge in [-0.3, -0.25) is 9.78 Å². The molecule has 30 heavy (non-hydrogen) atoms. The number of carbonyl (C=O) groups is 1. The van der Waals surface area contributed by atoms with Gasteiger partial charge in [0.15, 0.2) is 5.11 Å². The monoisotopic (exact) mass is 436 g/mol. The second-order valence-electron chi connectivity index (χ2n) is 7.40. The molecule has 3 heterocycles. The lowest BCUT2D eigenvalue weighted by atomic mass is 10.0. The van der Waals surface area contributed by atoms with Crippen molar-refractivity contribution in [2.24, 2.45) is 0 Å². The van der Waals surface area contributed by atoms with E-state index < -0.39 is 0 Å². The van der Waals surface area contributed by atoms with Crippen LogP contribution in [0.2, 0.25) is 0 Å². The first-order chi connectivity index (χ1) is 14.5. The molecule has 0 radical (unpaired) electrons. The molecule has 1 aliphatic rings. The van der Waals surface area contributed by atoms with Gasteiger partial charge in [0.05, 0.1) is 17.8 Å². The van der Waals surface area contributed by atoms with Gasteiger partial charge in [-0.2, -0.15) is 0 Å². The zero-order valence-corrected chi connectivity index (χ0v) is 18.6. The van der Waals surface area contributed by atoms with Crippen LogP contribution in [0.4, 0.5) is 5.69 Å². The van der Waals surface area contributed by atoms with E-state index in [2.05, 4.69) is 38.9 Å². The van der Waals surface area contributed by atoms with Crippen LogP contribution in [0.3, 0.4) is 0 Å². The largest absolute Gasteiger partial charge is 0.352 e. The van der Waals surface area contributed by atoms with Crippen LogP contribution in [0.25, 0.3) is 0 Å². The summed E-state index contributed by atoms with van der Waals surface area (Å²) in [6.45, 7) is 4.64. The Morgan fingerprint density at radius 2 is 1.97 bits per heavy atom. The number of aromatic nitrogens is 1. The summed E-state index contributed by atoms with van der Waals surface area (Å²) in [5.41, 5.74) is 4.07. The number of rotatable bonds is 6. The summed E-state index contributed by atoms with van der Waals surface area (Å²) in [4.78, 5) is 20.6. The number of pyridine rings is 1. The molecule has 1 fully saturated rings. The van der Waals surface area contributed by atoms with Gasteiger partial charge in [0.1, 0.15) is 0 Å². The minimum absolute atomic E-state index is 0.0126. The maximum atomic E-state index is 12.6. The second kappa shape index (κ2) is 8.93. The maximum Gasteiger partial charge on any atom is 0.226 e. The third-order valence-electron chi connectivity index (χ3n) is 5.37. The van der Waals surface area contributed by atoms with Crippen molar-refractivity contribution in [2.75, 3.05) is 11.9 Å². The Hall–Kier alpha value is -2.77. The lowest BCUT2D eigenvalue weighted by Crippen LogP contribution is -2.32. The number of hydrogen-bond donors (Lipinski definition) is 2. The third kappa shape index (κ3) is 4.22. The topological polar surface area (TPSA) is 57.3 Å². The number of aryl methyl sites for hydroxylation is 2. The molecular formula is C23H24N4OS2. The van der Waals surface area contributed by atoms with Crippen molar-refractivity contribution in [3.8, 4) is 0 Å². The molecular weight excluding hydrogens is 412 g/mol. The fraction of sp³-hybridized carbons (Fsp3) is 0.261. The average Bonchev–Trinajstić information content (AvgIpc) is 3.31. The van der Waals surface area contributed by atoms with Crippen LogP contribution in [0.15, 0.2) is 60.1 Å². The van der Waals surface area contributed by atoms with Crippen molar-refractivity contribution in [3.05, 3.63) is 81.8 Å². The van der Waals surface area contributed by atoms with Crippen molar-refractivity contribution in [1.29, 1.82) is 0 Å². The van der Waals surface area contributed by atoms with Crippen LogP contribution >= 0.6 is 23.6 Å². The molecule has 2 atom stereocenters. The van der Waals surface area contributed by atoms with Crippen LogP contribution < -0.4 is 10.6 Å². The van der Waals surface area contributed by atoms with Crippen LogP contribution in [0.1, 0.15) is 40.2 Å². The average molecular weight is 437 g/mol. The summed E-state index contributed by atoms with van der Waals surface area (Å²) in [5.74, 6) is -0.0185. The molecule has 0 aliphatic carbocycles. The number of carbonyl (C=O) groups excluding carboxylic acids is 1. The molecule has 2 N–H and O–H groups in total. The number of amides is 1. The predicted octanol–water partition coefficient (Wildman–Crippen LogP) is 4.76. The van der Waals surface area contributed by atoms with E-state index in [-0.39, 0.29) is 18.0 Å². The smallest absolute Gasteiger partial charge is 0.226 e. The zero-order valence-electron chi connectivity index (χ0n) is 17.0. The van der Waals surface area contributed by atoms with Gasteiger partial charge in [-0.1, -0.05) is 24.3 Å². The van der Waals surface area contributed by atoms with Gasteiger partial charge in [0.25, 0.3) is 0 Å². The fourth-order valence-electron chi connectivity index (χ4n) is 3.77. The number of anilines is 1. The van der Waals surface area contributed by atoms with Crippen LogP contribution in [-0.4, -0.2) is 27.4 Å². The number of benzene rings is 1. The number of nitrogens with zero attached hydrogens (tertiary/aromatic N) is 2. The van der Waals surface area contributed by atoms with Gasteiger partial charge >= 0.3 is 0 Å². The maximum absolute atomic E-state index is 12.6. The summed E-state index contributed by atoms with van der Waals surface area (Å²) in [6, 6.07) is 15.8. The quantitative estimate of drug-likeness (QED) is 0.546. The van der Waals surface area contributed by atoms with Gasteiger partial charge in [-0.25, -0.2) is 0 Å². The van der Waals surface area contributed by atoms with E-state index in [0.717, 1.165) is 16.9 Å². The summed E-state index contributed by atoms with van der Waals surface area (Å²) >= 11 is 7.39. The van der Waals surface area contributed by atoms with Crippen LogP contribution in [0, 0.1) is 13.8 Å². The molecule has 0 spiro atoms. The van der Waals surface area contributed by atoms with Gasteiger partial charge in [0.2, 0.25) is 5.91 Å². The molecule has 1 saturated heterocycles. The van der Waals surface area contributed by atoms with E-state index in [0.29, 0.717) is 18.1 Å². The first-order valence-corrected chi connectivity index (χ1v) is 11.2. The van der Waals surface area contributed by atoms with Crippen molar-refractivity contribution in [1.82, 2.24) is 15.2 Å². The van der Waals surface area contributed by atoms with E-state index in [9.17, 15) is 4.79 Å². The lowest BCUT2D eigenvalue weighted by Gasteiger charge is -2.27. The highest BCUT2D eigenvalue weighted by molar-refractivity contribution is 7.80. The highest BCUT2D eigenvalue weighted by Crippen LogP contribution is 2.41. The Morgan fingerprint density at radius 1 is 1.17 bits per heavy atom. The van der Waals surface area contributed by atoms with Crippen molar-refractivity contribution in [2.45, 2.75) is 32.4 Å². The van der Waals surface area contributed by atoms with Crippen molar-refractivity contribution in [3.63, 3.8) is 0 Å². The SMILES string of the molecule is Cc1ccccc1NC(=O)CCN1C(=S)N[C@@H](c2ccccn2)[C@@H]1c1sccc1C. The molecule has 4 rings (SSSR count). The van der Waals surface area contributed by atoms with E-state index in [4.69, 9.17) is 12.2 Å². The molecule has 0 saturated carbocycles. The molecule has 2 aromatic heterocycles. The second-order valence-corrected chi connectivity index (χ2v) is 8.74. The normalized spacial score (nSPS) is 18.3. The van der Waals surface area contributed by atoms with Crippen molar-refractivity contribution >= 4 is 40.3 Å². The molecule has 3 aromatic rings. The van der Waals surface area contributed by atoms with Gasteiger partial charge in [-0.15, -0.1) is 11.3 Å². The highest BCUT2D eigenvalue weighted by atomic mass is 32.1. The first-order valence-electron chi connectivity index (χ1n) is 9.92. The van der Waals surface area contributed by atoms with Crippen molar-refractivity contribution < 1.29 is 4.79 Å². The molecule has 0 bridgehead atoms. The number of nitrogens with one attached hydrogen (secondary N) is 2. The van der Waals surface area contributed by atoms with Gasteiger partial charge in [0, 0.05) is 29.7 Å². The minimum atomic E-state index is -0.0459. The van der Waals surface area contributed by atoms with E-state index in [1.165, 1.54) is 10.4 Å². The Labute approximate surface area is 186 Å². The highest BCUT2D eigenvalue weighted by Gasteiger charge is 2.40. The molecule has 154 valence electrons. The molecule has 7 heteroatoms. The number of hydrogen-bond acceptors (Lipinski definition) is 4. The van der Waals surface area contributed by atoms with Crippen LogP contribution in [-0.2, 0) is 4.79 Å². The number of thiocarbonyl (C=S) groups is 1. The number of thiophene rings is 1. The first kappa shape index (κ1) is 20.5. The third-order valence-corrected chi connectivity index (χ3v) is 6.81. The summed E-state index contributed by atoms with van der Waals surface area (Å²) in [7, 11) is 0. The predicted molar refractivity (Wildman–Crippen MR) is 126 cm³/mol. The fourth-order valence-corrected chi connectivity index (χ4v) is 5.17. The summed E-state index contributed by atoms with van der Waals surface area (Å²) in [5, 5.41) is 9.21. The molecule has 1 aliphatic heterocycles. The van der Waals surface area contributed by atoms with Crippen LogP contribution in [0.5, 0.6) is 0 Å². The van der Waals surface area contributed by atoms with Gasteiger partial charge in [-0.05, 0) is 66.8 Å². The Bertz CT molecular complexity index is 1050. The Kier molecular flexibility index (Phi) is 6.11. The van der Waals surface area contributed by atoms with E-state index >= 15 is 0 Å². The summed E-state index contributed by atoms with van der Waals surface area (Å²) < 4.78 is 0. The lowest BCUT2D eigenvalue weighted by molar-refractivity contribution is -0.116. The minimum Gasteiger partial charge on any atom is -0.352 e. The van der Waals surface area contributed by atoms with Gasteiger partial charge < -0.3 is 15.5 Å². The molecule has 0 unspecified atom stereocenters. The standard InChI is InChI=1S/C23H24N4OS2/c1-15-7-3-4-8-17(15)25-19(28)10-13-27-21(22-16(2)11-14-30-22)20(26-23(27)29)18-9-5-6-12-24-18/h3-9,11-12,14,20-21H,10,13H2,1-2H3,(H,25,28)(H,26,29)/t20-,21+/m0/s1. The van der Waals surface area contributed by atoms with E-state index in [1.807, 2.05) is 49.4 Å². The summed E-state index contributed by atoms with van der Waals surface area (Å²) in [6.07, 6.45) is 2.16.